The van der Waals surface area contributed by atoms with Crippen LogP contribution in [0, 0.1) is 6.92 Å². The van der Waals surface area contributed by atoms with Gasteiger partial charge in [-0.2, -0.15) is 5.10 Å². The van der Waals surface area contributed by atoms with E-state index in [1.165, 1.54) is 10.3 Å². The van der Waals surface area contributed by atoms with Crippen LogP contribution in [0.2, 0.25) is 0 Å². The highest BCUT2D eigenvalue weighted by Crippen LogP contribution is 2.27. The molecule has 1 heterocycles. The first-order valence-corrected chi connectivity index (χ1v) is 7.27. The summed E-state index contributed by atoms with van der Waals surface area (Å²) in [5.74, 6) is 0. The molecule has 3 nitrogen and oxygen atoms in total. The van der Waals surface area contributed by atoms with E-state index in [2.05, 4.69) is 40.6 Å². The minimum absolute atomic E-state index is 0.824. The van der Waals surface area contributed by atoms with Gasteiger partial charge < -0.3 is 0 Å². The first-order valence-electron chi connectivity index (χ1n) is 6.46. The van der Waals surface area contributed by atoms with Crippen molar-refractivity contribution in [3.8, 4) is 0 Å². The Labute approximate surface area is 122 Å². The Morgan fingerprint density at radius 3 is 2.65 bits per heavy atom. The molecule has 0 amide bonds. The van der Waals surface area contributed by atoms with Crippen LogP contribution in [0.3, 0.4) is 0 Å². The molecule has 0 aliphatic carbocycles. The number of nitrogens with one attached hydrogen (secondary N) is 1. The molecule has 3 aromatic rings. The number of thiazole rings is 1. The Kier molecular flexibility index (Phi) is 3.48. The van der Waals surface area contributed by atoms with E-state index < -0.39 is 0 Å². The average Bonchev–Trinajstić information content (AvgIpc) is 2.90. The number of rotatable bonds is 3. The number of hydrogen-bond acceptors (Lipinski definition) is 4. The van der Waals surface area contributed by atoms with Gasteiger partial charge >= 0.3 is 0 Å². The highest BCUT2D eigenvalue weighted by Gasteiger charge is 2.05. The molecule has 0 saturated carbocycles. The monoisotopic (exact) mass is 281 g/mol. The fourth-order valence-corrected chi connectivity index (χ4v) is 2.90. The quantitative estimate of drug-likeness (QED) is 0.569. The van der Waals surface area contributed by atoms with Gasteiger partial charge in [0.25, 0.3) is 0 Å². The van der Waals surface area contributed by atoms with Gasteiger partial charge in [-0.1, -0.05) is 53.8 Å². The van der Waals surface area contributed by atoms with Crippen LogP contribution in [0.4, 0.5) is 5.13 Å². The van der Waals surface area contributed by atoms with Crippen LogP contribution in [0.5, 0.6) is 0 Å². The molecule has 0 bridgehead atoms. The Morgan fingerprint density at radius 1 is 1.10 bits per heavy atom. The summed E-state index contributed by atoms with van der Waals surface area (Å²) in [6.07, 6.45) is 0. The maximum atomic E-state index is 4.58. The van der Waals surface area contributed by atoms with E-state index in [4.69, 9.17) is 0 Å². The van der Waals surface area contributed by atoms with Crippen molar-refractivity contribution in [1.82, 2.24) is 4.98 Å². The van der Waals surface area contributed by atoms with E-state index in [9.17, 15) is 0 Å². The normalized spacial score (nSPS) is 11.8. The van der Waals surface area contributed by atoms with Gasteiger partial charge in [-0.15, -0.1) is 0 Å². The molecule has 4 heteroatoms. The summed E-state index contributed by atoms with van der Waals surface area (Å²) in [5, 5.41) is 5.23. The number of nitrogens with zero attached hydrogens (tertiary/aromatic N) is 2. The van der Waals surface area contributed by atoms with Gasteiger partial charge in [0.1, 0.15) is 0 Å². The number of aromatic nitrogens is 1. The second-order valence-corrected chi connectivity index (χ2v) is 5.65. The van der Waals surface area contributed by atoms with Crippen molar-refractivity contribution in [2.24, 2.45) is 5.10 Å². The molecule has 2 aromatic carbocycles. The lowest BCUT2D eigenvalue weighted by atomic mass is 10.1. The smallest absolute Gasteiger partial charge is 0.204 e. The summed E-state index contributed by atoms with van der Waals surface area (Å²) >= 11 is 1.62. The van der Waals surface area contributed by atoms with Crippen LogP contribution < -0.4 is 5.43 Å². The number of aryl methyl sites for hydroxylation is 1. The van der Waals surface area contributed by atoms with Gasteiger partial charge in [0.05, 0.1) is 15.9 Å². The van der Waals surface area contributed by atoms with Gasteiger partial charge in [0.15, 0.2) is 0 Å². The van der Waals surface area contributed by atoms with Crippen molar-refractivity contribution in [3.05, 3.63) is 59.7 Å². The number of fused-ring (bicyclic) bond motifs is 1. The molecular formula is C16H15N3S. The lowest BCUT2D eigenvalue weighted by molar-refractivity contribution is 1.28. The molecule has 100 valence electrons. The zero-order valence-electron chi connectivity index (χ0n) is 11.4. The van der Waals surface area contributed by atoms with E-state index in [0.29, 0.717) is 0 Å². The minimum atomic E-state index is 0.824. The van der Waals surface area contributed by atoms with Gasteiger partial charge in [0, 0.05) is 0 Å². The average molecular weight is 281 g/mol. The second kappa shape index (κ2) is 5.43. The highest BCUT2D eigenvalue weighted by atomic mass is 32.1. The first-order chi connectivity index (χ1) is 9.74. The summed E-state index contributed by atoms with van der Waals surface area (Å²) in [6.45, 7) is 4.06. The van der Waals surface area contributed by atoms with Crippen molar-refractivity contribution >= 4 is 32.4 Å². The topological polar surface area (TPSA) is 37.3 Å². The summed E-state index contributed by atoms with van der Waals surface area (Å²) in [4.78, 5) is 4.58. The molecule has 20 heavy (non-hydrogen) atoms. The number of hydrazone groups is 1. The van der Waals surface area contributed by atoms with Gasteiger partial charge in [-0.05, 0) is 31.0 Å². The zero-order chi connectivity index (χ0) is 13.9. The van der Waals surface area contributed by atoms with E-state index in [1.54, 1.807) is 11.3 Å². The van der Waals surface area contributed by atoms with Crippen LogP contribution in [0.25, 0.3) is 10.2 Å². The fourth-order valence-electron chi connectivity index (χ4n) is 2.01. The molecular weight excluding hydrogens is 266 g/mol. The van der Waals surface area contributed by atoms with Crippen molar-refractivity contribution in [3.63, 3.8) is 0 Å². The number of benzene rings is 2. The summed E-state index contributed by atoms with van der Waals surface area (Å²) in [6, 6.07) is 16.3. The second-order valence-electron chi connectivity index (χ2n) is 4.62. The van der Waals surface area contributed by atoms with E-state index in [0.717, 1.165) is 21.9 Å². The molecule has 0 fully saturated rings. The summed E-state index contributed by atoms with van der Waals surface area (Å²) < 4.78 is 1.18. The number of anilines is 1. The van der Waals surface area contributed by atoms with Crippen LogP contribution >= 0.6 is 11.3 Å². The fraction of sp³-hybridized carbons (Fsp3) is 0.125. The molecule has 1 aromatic heterocycles. The molecule has 0 atom stereocenters. The van der Waals surface area contributed by atoms with Crippen molar-refractivity contribution < 1.29 is 0 Å². The van der Waals surface area contributed by atoms with Crippen LogP contribution in [-0.4, -0.2) is 10.7 Å². The predicted molar refractivity (Wildman–Crippen MR) is 86.6 cm³/mol. The number of hydrogen-bond donors (Lipinski definition) is 1. The third-order valence-electron chi connectivity index (χ3n) is 3.13. The molecule has 0 aliphatic heterocycles. The Morgan fingerprint density at radius 2 is 1.90 bits per heavy atom. The zero-order valence-corrected chi connectivity index (χ0v) is 12.2. The maximum absolute atomic E-state index is 4.58. The van der Waals surface area contributed by atoms with E-state index in [1.807, 2.05) is 37.3 Å². The molecule has 0 aliphatic rings. The Balaban J connectivity index is 1.85. The predicted octanol–water partition coefficient (Wildman–Crippen LogP) is 4.44. The van der Waals surface area contributed by atoms with Gasteiger partial charge in [-0.25, -0.2) is 4.98 Å². The van der Waals surface area contributed by atoms with Crippen molar-refractivity contribution in [2.75, 3.05) is 5.43 Å². The summed E-state index contributed by atoms with van der Waals surface area (Å²) in [5.41, 5.74) is 7.35. The van der Waals surface area contributed by atoms with Crippen molar-refractivity contribution in [1.29, 1.82) is 0 Å². The Hall–Kier alpha value is -2.20. The lowest BCUT2D eigenvalue weighted by Crippen LogP contribution is -1.98. The van der Waals surface area contributed by atoms with Crippen molar-refractivity contribution in [2.45, 2.75) is 13.8 Å². The molecule has 0 unspecified atom stereocenters. The number of para-hydroxylation sites is 1. The standard InChI is InChI=1S/C16H15N3S/c1-11-7-6-10-14-15(11)17-16(20-14)19-18-12(2)13-8-4-3-5-9-13/h3-10H,1-2H3,(H,17,19)/b18-12-. The van der Waals surface area contributed by atoms with Crippen LogP contribution in [0.15, 0.2) is 53.6 Å². The maximum Gasteiger partial charge on any atom is 0.204 e. The van der Waals surface area contributed by atoms with E-state index in [-0.39, 0.29) is 0 Å². The summed E-state index contributed by atoms with van der Waals surface area (Å²) in [7, 11) is 0. The SMILES string of the molecule is C/C(=N/Nc1nc2c(C)cccc2s1)c1ccccc1. The molecule has 1 N–H and O–H groups in total. The first kappa shape index (κ1) is 12.8. The highest BCUT2D eigenvalue weighted by molar-refractivity contribution is 7.22. The lowest BCUT2D eigenvalue weighted by Gasteiger charge is -2.00. The van der Waals surface area contributed by atoms with Crippen LogP contribution in [0.1, 0.15) is 18.1 Å². The molecule has 0 radical (unpaired) electrons. The third-order valence-corrected chi connectivity index (χ3v) is 4.06. The minimum Gasteiger partial charge on any atom is -0.252 e. The van der Waals surface area contributed by atoms with E-state index >= 15 is 0 Å². The molecule has 3 rings (SSSR count). The molecule has 0 saturated heterocycles. The van der Waals surface area contributed by atoms with Gasteiger partial charge in [-0.3, -0.25) is 5.43 Å². The largest absolute Gasteiger partial charge is 0.252 e. The Bertz CT molecular complexity index is 760. The van der Waals surface area contributed by atoms with Crippen LogP contribution in [-0.2, 0) is 0 Å². The third kappa shape index (κ3) is 2.56. The van der Waals surface area contributed by atoms with Gasteiger partial charge in [0.2, 0.25) is 5.13 Å². The molecule has 0 spiro atoms.